The fraction of sp³-hybridized carbons (Fsp3) is 0.450. The molecule has 0 spiro atoms. The van der Waals surface area contributed by atoms with Crippen LogP contribution in [0.3, 0.4) is 0 Å². The van der Waals surface area contributed by atoms with Gasteiger partial charge in [-0.1, -0.05) is 6.07 Å². The van der Waals surface area contributed by atoms with E-state index in [4.69, 9.17) is 0 Å². The number of halogens is 2. The fourth-order valence-electron chi connectivity index (χ4n) is 3.40. The molecule has 0 amide bonds. The first-order valence-corrected chi connectivity index (χ1v) is 10.1. The predicted molar refractivity (Wildman–Crippen MR) is 107 cm³/mol. The lowest BCUT2D eigenvalue weighted by Crippen LogP contribution is -2.44. The zero-order chi connectivity index (χ0) is 19.1. The van der Waals surface area contributed by atoms with Crippen LogP contribution in [0.2, 0.25) is 0 Å². The molecule has 1 aromatic heterocycles. The van der Waals surface area contributed by atoms with E-state index in [0.717, 1.165) is 38.3 Å². The molecule has 1 unspecified atom stereocenters. The summed E-state index contributed by atoms with van der Waals surface area (Å²) in [6, 6.07) is 7.76. The van der Waals surface area contributed by atoms with Crippen LogP contribution in [0.25, 0.3) is 0 Å². The van der Waals surface area contributed by atoms with Crippen LogP contribution >= 0.6 is 11.3 Å². The van der Waals surface area contributed by atoms with Gasteiger partial charge in [-0.3, -0.25) is 9.89 Å². The Hall–Kier alpha value is -1.99. The second-order valence-corrected chi connectivity index (χ2v) is 7.90. The number of aliphatic imine (C=N–C) groups is 1. The molecule has 1 fully saturated rings. The zero-order valence-corrected chi connectivity index (χ0v) is 16.4. The molecule has 146 valence electrons. The minimum atomic E-state index is -0.441. The molecule has 2 N–H and O–H groups in total. The van der Waals surface area contributed by atoms with Crippen molar-refractivity contribution in [1.82, 2.24) is 15.5 Å². The average molecular weight is 393 g/mol. The van der Waals surface area contributed by atoms with E-state index in [1.54, 1.807) is 18.4 Å². The number of piperidine rings is 1. The van der Waals surface area contributed by atoms with Crippen molar-refractivity contribution in [2.45, 2.75) is 25.9 Å². The predicted octanol–water partition coefficient (Wildman–Crippen LogP) is 3.60. The Balaban J connectivity index is 1.45. The largest absolute Gasteiger partial charge is 0.356 e. The maximum Gasteiger partial charge on any atom is 0.191 e. The molecule has 4 nitrogen and oxygen atoms in total. The molecule has 1 saturated heterocycles. The van der Waals surface area contributed by atoms with E-state index >= 15 is 0 Å². The summed E-state index contributed by atoms with van der Waals surface area (Å²) in [6.07, 6.45) is 2.38. The smallest absolute Gasteiger partial charge is 0.191 e. The topological polar surface area (TPSA) is 39.7 Å². The van der Waals surface area contributed by atoms with Gasteiger partial charge in [-0.15, -0.1) is 11.3 Å². The summed E-state index contributed by atoms with van der Waals surface area (Å²) >= 11 is 1.80. The van der Waals surface area contributed by atoms with Crippen molar-refractivity contribution in [3.8, 4) is 0 Å². The lowest BCUT2D eigenvalue weighted by atomic mass is 9.98. The lowest BCUT2D eigenvalue weighted by molar-refractivity contribution is 0.169. The number of hydrogen-bond donors (Lipinski definition) is 2. The summed E-state index contributed by atoms with van der Waals surface area (Å²) in [6.45, 7) is 4.21. The molecule has 0 aliphatic carbocycles. The highest BCUT2D eigenvalue weighted by Crippen LogP contribution is 2.20. The summed E-state index contributed by atoms with van der Waals surface area (Å²) in [5.41, 5.74) is 0.290. The third kappa shape index (κ3) is 6.01. The molecule has 2 heterocycles. The Bertz CT molecular complexity index is 748. The Morgan fingerprint density at radius 2 is 2.19 bits per heavy atom. The number of guanidine groups is 1. The number of rotatable bonds is 6. The molecule has 0 bridgehead atoms. The molecule has 0 saturated carbocycles. The molecule has 3 rings (SSSR count). The highest BCUT2D eigenvalue weighted by molar-refractivity contribution is 7.09. The average Bonchev–Trinajstić information content (AvgIpc) is 3.18. The van der Waals surface area contributed by atoms with E-state index in [0.29, 0.717) is 11.9 Å². The van der Waals surface area contributed by atoms with Gasteiger partial charge in [-0.25, -0.2) is 8.78 Å². The van der Waals surface area contributed by atoms with Crippen LogP contribution in [0.15, 0.2) is 40.7 Å². The lowest BCUT2D eigenvalue weighted by Gasteiger charge is -2.32. The monoisotopic (exact) mass is 392 g/mol. The SMILES string of the molecule is CN=C(NCc1cc(F)ccc1F)NCC1CCCN(Cc2cccs2)C1. The van der Waals surface area contributed by atoms with Crippen molar-refractivity contribution < 1.29 is 8.78 Å². The molecule has 1 atom stereocenters. The highest BCUT2D eigenvalue weighted by Gasteiger charge is 2.20. The summed E-state index contributed by atoms with van der Waals surface area (Å²) in [4.78, 5) is 8.09. The molecule has 0 radical (unpaired) electrons. The number of nitrogens with zero attached hydrogens (tertiary/aromatic N) is 2. The van der Waals surface area contributed by atoms with Gasteiger partial charge in [0.25, 0.3) is 0 Å². The highest BCUT2D eigenvalue weighted by atomic mass is 32.1. The number of hydrogen-bond acceptors (Lipinski definition) is 3. The maximum absolute atomic E-state index is 13.7. The number of benzene rings is 1. The van der Waals surface area contributed by atoms with Gasteiger partial charge in [0.1, 0.15) is 11.6 Å². The normalized spacial score (nSPS) is 18.5. The van der Waals surface area contributed by atoms with Gasteiger partial charge in [-0.05, 0) is 54.9 Å². The van der Waals surface area contributed by atoms with Gasteiger partial charge in [-0.2, -0.15) is 0 Å². The van der Waals surface area contributed by atoms with Crippen LogP contribution in [0.1, 0.15) is 23.3 Å². The summed E-state index contributed by atoms with van der Waals surface area (Å²) < 4.78 is 27.0. The van der Waals surface area contributed by atoms with Gasteiger partial charge in [0.2, 0.25) is 0 Å². The molecule has 2 aromatic rings. The number of thiophene rings is 1. The van der Waals surface area contributed by atoms with Crippen LogP contribution in [-0.4, -0.2) is 37.5 Å². The van der Waals surface area contributed by atoms with Gasteiger partial charge in [0.15, 0.2) is 5.96 Å². The standard InChI is InChI=1S/C20H26F2N4S/c1-23-20(25-12-16-10-17(21)6-7-19(16)22)24-11-15-4-2-8-26(13-15)14-18-5-3-9-27-18/h3,5-7,9-10,15H,2,4,8,11-14H2,1H3,(H2,23,24,25). The second kappa shape index (κ2) is 9.80. The van der Waals surface area contributed by atoms with E-state index in [1.807, 2.05) is 0 Å². The molecule has 27 heavy (non-hydrogen) atoms. The second-order valence-electron chi connectivity index (χ2n) is 6.87. The molecule has 7 heteroatoms. The van der Waals surface area contributed by atoms with Crippen molar-refractivity contribution in [1.29, 1.82) is 0 Å². The van der Waals surface area contributed by atoms with Gasteiger partial charge < -0.3 is 10.6 Å². The van der Waals surface area contributed by atoms with E-state index in [9.17, 15) is 8.78 Å². The van der Waals surface area contributed by atoms with Crippen molar-refractivity contribution in [2.75, 3.05) is 26.7 Å². The van der Waals surface area contributed by atoms with Crippen LogP contribution in [0.4, 0.5) is 8.78 Å². The van der Waals surface area contributed by atoms with Crippen molar-refractivity contribution >= 4 is 17.3 Å². The first-order chi connectivity index (χ1) is 13.1. The number of likely N-dealkylation sites (tertiary alicyclic amines) is 1. The molecule has 1 aromatic carbocycles. The Morgan fingerprint density at radius 1 is 1.30 bits per heavy atom. The zero-order valence-electron chi connectivity index (χ0n) is 15.5. The first-order valence-electron chi connectivity index (χ1n) is 9.27. The van der Waals surface area contributed by atoms with E-state index in [1.165, 1.54) is 23.8 Å². The van der Waals surface area contributed by atoms with Crippen LogP contribution in [0.5, 0.6) is 0 Å². The maximum atomic E-state index is 13.7. The Labute approximate surface area is 163 Å². The molecule has 1 aliphatic heterocycles. The summed E-state index contributed by atoms with van der Waals surface area (Å²) in [7, 11) is 1.68. The molecule has 1 aliphatic rings. The van der Waals surface area contributed by atoms with Gasteiger partial charge in [0.05, 0.1) is 0 Å². The van der Waals surface area contributed by atoms with Crippen LogP contribution in [-0.2, 0) is 13.1 Å². The minimum Gasteiger partial charge on any atom is -0.356 e. The van der Waals surface area contributed by atoms with Gasteiger partial charge >= 0.3 is 0 Å². The Kier molecular flexibility index (Phi) is 7.18. The van der Waals surface area contributed by atoms with E-state index in [-0.39, 0.29) is 12.1 Å². The number of nitrogens with one attached hydrogen (secondary N) is 2. The van der Waals surface area contributed by atoms with E-state index < -0.39 is 11.6 Å². The molecular weight excluding hydrogens is 366 g/mol. The summed E-state index contributed by atoms with van der Waals surface area (Å²) in [5.74, 6) is 0.289. The molecular formula is C20H26F2N4S. The van der Waals surface area contributed by atoms with Crippen molar-refractivity contribution in [2.24, 2.45) is 10.9 Å². The summed E-state index contributed by atoms with van der Waals surface area (Å²) in [5, 5.41) is 8.50. The van der Waals surface area contributed by atoms with Crippen LogP contribution in [0, 0.1) is 17.6 Å². The van der Waals surface area contributed by atoms with Crippen LogP contribution < -0.4 is 10.6 Å². The minimum absolute atomic E-state index is 0.193. The van der Waals surface area contributed by atoms with Crippen molar-refractivity contribution in [3.05, 3.63) is 57.8 Å². The third-order valence-electron chi connectivity index (χ3n) is 4.80. The van der Waals surface area contributed by atoms with Gasteiger partial charge in [0, 0.05) is 43.7 Å². The first kappa shape index (κ1) is 19.8. The van der Waals surface area contributed by atoms with E-state index in [2.05, 4.69) is 38.0 Å². The van der Waals surface area contributed by atoms with Crippen molar-refractivity contribution in [3.63, 3.8) is 0 Å². The Morgan fingerprint density at radius 3 is 2.96 bits per heavy atom. The quantitative estimate of drug-likeness (QED) is 0.583. The third-order valence-corrected chi connectivity index (χ3v) is 5.66. The fourth-order valence-corrected chi connectivity index (χ4v) is 4.15.